The Hall–Kier alpha value is -0.120. The van der Waals surface area contributed by atoms with Gasteiger partial charge in [0.1, 0.15) is 0 Å². The van der Waals surface area contributed by atoms with Crippen molar-refractivity contribution < 1.29 is 9.84 Å². The number of ether oxygens (including phenoxy) is 1. The maximum Gasteiger partial charge on any atom is 0.0589 e. The van der Waals surface area contributed by atoms with E-state index >= 15 is 0 Å². The van der Waals surface area contributed by atoms with Crippen LogP contribution in [0.5, 0.6) is 0 Å². The molecule has 1 N–H and O–H groups in total. The second-order valence-corrected chi connectivity index (χ2v) is 5.86. The fourth-order valence-electron chi connectivity index (χ4n) is 2.28. The molecule has 0 aromatic heterocycles. The third-order valence-corrected chi connectivity index (χ3v) is 4.28. The predicted molar refractivity (Wildman–Crippen MR) is 71.1 cm³/mol. The lowest BCUT2D eigenvalue weighted by Gasteiger charge is -2.37. The number of hydrogen-bond acceptors (Lipinski definition) is 3. The van der Waals surface area contributed by atoms with E-state index in [2.05, 4.69) is 25.7 Å². The van der Waals surface area contributed by atoms with Gasteiger partial charge in [-0.25, -0.2) is 0 Å². The molecule has 1 aliphatic carbocycles. The van der Waals surface area contributed by atoms with Crippen molar-refractivity contribution in [1.82, 2.24) is 4.90 Å². The largest absolute Gasteiger partial charge is 0.396 e. The summed E-state index contributed by atoms with van der Waals surface area (Å²) >= 11 is 0. The van der Waals surface area contributed by atoms with Crippen LogP contribution in [-0.4, -0.2) is 49.5 Å². The van der Waals surface area contributed by atoms with E-state index in [-0.39, 0.29) is 12.0 Å². The Balaban J connectivity index is 2.54. The summed E-state index contributed by atoms with van der Waals surface area (Å²) in [6.45, 7) is 9.65. The number of aliphatic hydroxyl groups is 1. The average molecular weight is 243 g/mol. The van der Waals surface area contributed by atoms with E-state index in [1.165, 1.54) is 12.8 Å². The normalized spacial score (nSPS) is 21.5. The summed E-state index contributed by atoms with van der Waals surface area (Å²) in [6.07, 6.45) is 3.75. The summed E-state index contributed by atoms with van der Waals surface area (Å²) in [6, 6.07) is 0.627. The number of aliphatic hydroxyl groups excluding tert-OH is 1. The van der Waals surface area contributed by atoms with Crippen molar-refractivity contribution in [2.75, 3.05) is 33.4 Å². The van der Waals surface area contributed by atoms with Crippen LogP contribution in [0.1, 0.15) is 40.0 Å². The van der Waals surface area contributed by atoms with Crippen LogP contribution in [0.25, 0.3) is 0 Å². The minimum Gasteiger partial charge on any atom is -0.396 e. The first kappa shape index (κ1) is 14.9. The van der Waals surface area contributed by atoms with E-state index in [1.54, 1.807) is 7.11 Å². The van der Waals surface area contributed by atoms with Gasteiger partial charge in [0.15, 0.2) is 0 Å². The fourth-order valence-corrected chi connectivity index (χ4v) is 2.28. The lowest BCUT2D eigenvalue weighted by molar-refractivity contribution is 0.0445. The molecule has 3 nitrogen and oxygen atoms in total. The number of nitrogens with zero attached hydrogens (tertiary/aromatic N) is 1. The van der Waals surface area contributed by atoms with Crippen molar-refractivity contribution in [3.63, 3.8) is 0 Å². The van der Waals surface area contributed by atoms with Gasteiger partial charge in [-0.05, 0) is 32.1 Å². The van der Waals surface area contributed by atoms with Crippen molar-refractivity contribution in [2.24, 2.45) is 11.3 Å². The number of hydrogen-bond donors (Lipinski definition) is 1. The van der Waals surface area contributed by atoms with E-state index in [0.29, 0.717) is 6.04 Å². The lowest BCUT2D eigenvalue weighted by Crippen LogP contribution is -2.45. The molecule has 0 radical (unpaired) electrons. The van der Waals surface area contributed by atoms with E-state index in [9.17, 15) is 5.11 Å². The molecule has 1 fully saturated rings. The SMILES string of the molecule is CCC(C)(CO)CN(CCOC)C(C)C1CC1. The van der Waals surface area contributed by atoms with Gasteiger partial charge in [-0.15, -0.1) is 0 Å². The third-order valence-electron chi connectivity index (χ3n) is 4.28. The quantitative estimate of drug-likeness (QED) is 0.673. The van der Waals surface area contributed by atoms with Gasteiger partial charge in [0.25, 0.3) is 0 Å². The van der Waals surface area contributed by atoms with Gasteiger partial charge in [-0.2, -0.15) is 0 Å². The minimum absolute atomic E-state index is 0.0247. The van der Waals surface area contributed by atoms with Crippen LogP contribution in [0.3, 0.4) is 0 Å². The molecule has 0 amide bonds. The van der Waals surface area contributed by atoms with Crippen LogP contribution in [0.15, 0.2) is 0 Å². The Morgan fingerprint density at radius 3 is 2.53 bits per heavy atom. The number of rotatable bonds is 9. The first-order chi connectivity index (χ1) is 8.06. The molecule has 17 heavy (non-hydrogen) atoms. The molecular formula is C14H29NO2. The van der Waals surface area contributed by atoms with Gasteiger partial charge in [-0.3, -0.25) is 4.90 Å². The van der Waals surface area contributed by atoms with E-state index in [1.807, 2.05) is 0 Å². The fraction of sp³-hybridized carbons (Fsp3) is 1.00. The highest BCUT2D eigenvalue weighted by Crippen LogP contribution is 2.36. The standard InChI is InChI=1S/C14H29NO2/c1-5-14(3,11-16)10-15(8-9-17-4)12(2)13-6-7-13/h12-13,16H,5-11H2,1-4H3. The summed E-state index contributed by atoms with van der Waals surface area (Å²) in [5.74, 6) is 0.867. The molecule has 1 rings (SSSR count). The molecule has 1 saturated carbocycles. The second kappa shape index (κ2) is 6.72. The van der Waals surface area contributed by atoms with Crippen LogP contribution < -0.4 is 0 Å². The highest BCUT2D eigenvalue weighted by Gasteiger charge is 2.34. The maximum atomic E-state index is 9.54. The molecule has 3 heteroatoms. The first-order valence-corrected chi connectivity index (χ1v) is 6.90. The average Bonchev–Trinajstić information content (AvgIpc) is 3.17. The monoisotopic (exact) mass is 243 g/mol. The van der Waals surface area contributed by atoms with E-state index < -0.39 is 0 Å². The molecule has 0 aromatic rings. The Morgan fingerprint density at radius 1 is 1.47 bits per heavy atom. The molecule has 2 atom stereocenters. The first-order valence-electron chi connectivity index (χ1n) is 6.90. The van der Waals surface area contributed by atoms with Crippen LogP contribution in [-0.2, 0) is 4.74 Å². The van der Waals surface area contributed by atoms with Gasteiger partial charge in [-0.1, -0.05) is 13.8 Å². The van der Waals surface area contributed by atoms with Crippen molar-refractivity contribution in [2.45, 2.75) is 46.1 Å². The van der Waals surface area contributed by atoms with Crippen LogP contribution in [0.2, 0.25) is 0 Å². The third kappa shape index (κ3) is 4.57. The molecule has 0 saturated heterocycles. The maximum absolute atomic E-state index is 9.54. The smallest absolute Gasteiger partial charge is 0.0589 e. The molecule has 2 unspecified atom stereocenters. The Bertz CT molecular complexity index is 212. The van der Waals surface area contributed by atoms with Crippen LogP contribution >= 0.6 is 0 Å². The molecule has 0 heterocycles. The molecule has 0 bridgehead atoms. The second-order valence-electron chi connectivity index (χ2n) is 5.86. The highest BCUT2D eigenvalue weighted by molar-refractivity contribution is 4.88. The molecule has 102 valence electrons. The van der Waals surface area contributed by atoms with Crippen LogP contribution in [0.4, 0.5) is 0 Å². The summed E-state index contributed by atoms with van der Waals surface area (Å²) in [7, 11) is 1.75. The molecule has 0 aliphatic heterocycles. The molecule has 0 aromatic carbocycles. The molecule has 0 spiro atoms. The molecular weight excluding hydrogens is 214 g/mol. The zero-order valence-corrected chi connectivity index (χ0v) is 11.9. The van der Waals surface area contributed by atoms with Crippen molar-refractivity contribution in [3.8, 4) is 0 Å². The van der Waals surface area contributed by atoms with Crippen molar-refractivity contribution >= 4 is 0 Å². The minimum atomic E-state index is 0.0247. The van der Waals surface area contributed by atoms with Gasteiger partial charge < -0.3 is 9.84 Å². The zero-order valence-electron chi connectivity index (χ0n) is 11.9. The summed E-state index contributed by atoms with van der Waals surface area (Å²) < 4.78 is 5.20. The number of methoxy groups -OCH3 is 1. The van der Waals surface area contributed by atoms with Crippen molar-refractivity contribution in [3.05, 3.63) is 0 Å². The van der Waals surface area contributed by atoms with Gasteiger partial charge in [0, 0.05) is 38.3 Å². The topological polar surface area (TPSA) is 32.7 Å². The zero-order chi connectivity index (χ0) is 12.9. The van der Waals surface area contributed by atoms with Gasteiger partial charge >= 0.3 is 0 Å². The van der Waals surface area contributed by atoms with Gasteiger partial charge in [0.05, 0.1) is 6.61 Å². The Morgan fingerprint density at radius 2 is 2.12 bits per heavy atom. The Labute approximate surface area is 106 Å². The van der Waals surface area contributed by atoms with Gasteiger partial charge in [0.2, 0.25) is 0 Å². The van der Waals surface area contributed by atoms with Crippen LogP contribution in [0, 0.1) is 11.3 Å². The Kier molecular flexibility index (Phi) is 5.90. The summed E-state index contributed by atoms with van der Waals surface area (Å²) in [5.41, 5.74) is 0.0247. The van der Waals surface area contributed by atoms with E-state index in [0.717, 1.165) is 32.0 Å². The predicted octanol–water partition coefficient (Wildman–Crippen LogP) is 2.14. The summed E-state index contributed by atoms with van der Waals surface area (Å²) in [5, 5.41) is 9.54. The van der Waals surface area contributed by atoms with E-state index in [4.69, 9.17) is 4.74 Å². The highest BCUT2D eigenvalue weighted by atomic mass is 16.5. The van der Waals surface area contributed by atoms with Crippen molar-refractivity contribution in [1.29, 1.82) is 0 Å². The summed E-state index contributed by atoms with van der Waals surface area (Å²) in [4.78, 5) is 2.50. The lowest BCUT2D eigenvalue weighted by atomic mass is 9.87. The molecule has 1 aliphatic rings.